The van der Waals surface area contributed by atoms with Gasteiger partial charge < -0.3 is 20.3 Å². The van der Waals surface area contributed by atoms with Gasteiger partial charge in [-0.05, 0) is 59.9 Å². The highest BCUT2D eigenvalue weighted by Gasteiger charge is 2.12. The largest absolute Gasteiger partial charge is 0.497 e. The summed E-state index contributed by atoms with van der Waals surface area (Å²) < 4.78 is 7.01. The summed E-state index contributed by atoms with van der Waals surface area (Å²) >= 11 is 1.42. The van der Waals surface area contributed by atoms with Crippen LogP contribution in [0.5, 0.6) is 5.75 Å². The van der Waals surface area contributed by atoms with Crippen LogP contribution in [0.25, 0.3) is 16.8 Å². The lowest BCUT2D eigenvalue weighted by molar-refractivity contribution is 0.0955. The number of nitrogens with zero attached hydrogens (tertiary/aromatic N) is 4. The lowest BCUT2D eigenvalue weighted by atomic mass is 10.1. The number of ether oxygens (including phenoxy) is 1. The summed E-state index contributed by atoms with van der Waals surface area (Å²) in [7, 11) is 1.63. The van der Waals surface area contributed by atoms with Gasteiger partial charge in [0.05, 0.1) is 12.0 Å². The van der Waals surface area contributed by atoms with Crippen LogP contribution in [-0.4, -0.2) is 58.7 Å². The van der Waals surface area contributed by atoms with Crippen molar-refractivity contribution in [1.82, 2.24) is 24.8 Å². The lowest BCUT2D eigenvalue weighted by Gasteiger charge is -2.17. The predicted octanol–water partition coefficient (Wildman–Crippen LogP) is 4.15. The van der Waals surface area contributed by atoms with Crippen LogP contribution in [0.4, 0.5) is 5.95 Å². The second-order valence-electron chi connectivity index (χ2n) is 7.84. The van der Waals surface area contributed by atoms with Crippen LogP contribution >= 0.6 is 11.3 Å². The number of aromatic nitrogens is 3. The van der Waals surface area contributed by atoms with Crippen LogP contribution < -0.4 is 15.4 Å². The number of hydrogen-bond acceptors (Lipinski definition) is 7. The van der Waals surface area contributed by atoms with Crippen LogP contribution in [0.15, 0.2) is 54.0 Å². The first-order chi connectivity index (χ1) is 16.6. The normalized spacial score (nSPS) is 11.2. The SMILES string of the molecule is CCN(CC)CCNc1nc2ccc(-c3csc(C(=O)NCc4cccc(OC)c4)c3)cn2n1. The van der Waals surface area contributed by atoms with Crippen molar-refractivity contribution in [2.45, 2.75) is 20.4 Å². The highest BCUT2D eigenvalue weighted by molar-refractivity contribution is 7.12. The number of fused-ring (bicyclic) bond motifs is 1. The number of benzene rings is 1. The van der Waals surface area contributed by atoms with Gasteiger partial charge in [-0.2, -0.15) is 4.98 Å². The van der Waals surface area contributed by atoms with E-state index in [9.17, 15) is 4.79 Å². The van der Waals surface area contributed by atoms with E-state index in [-0.39, 0.29) is 5.91 Å². The van der Waals surface area contributed by atoms with E-state index in [1.165, 1.54) is 11.3 Å². The molecule has 0 atom stereocenters. The molecule has 0 aliphatic carbocycles. The van der Waals surface area contributed by atoms with Gasteiger partial charge in [-0.25, -0.2) is 4.52 Å². The van der Waals surface area contributed by atoms with Crippen molar-refractivity contribution in [2.75, 3.05) is 38.6 Å². The Morgan fingerprint density at radius 1 is 1.15 bits per heavy atom. The molecule has 34 heavy (non-hydrogen) atoms. The van der Waals surface area contributed by atoms with Gasteiger partial charge in [0.15, 0.2) is 5.65 Å². The van der Waals surface area contributed by atoms with E-state index in [1.807, 2.05) is 54.0 Å². The average molecular weight is 479 g/mol. The quantitative estimate of drug-likeness (QED) is 0.337. The monoisotopic (exact) mass is 478 g/mol. The number of hydrogen-bond donors (Lipinski definition) is 2. The van der Waals surface area contributed by atoms with Gasteiger partial charge in [0.1, 0.15) is 5.75 Å². The van der Waals surface area contributed by atoms with Gasteiger partial charge in [-0.15, -0.1) is 16.4 Å². The number of thiophene rings is 1. The van der Waals surface area contributed by atoms with Crippen LogP contribution in [0.1, 0.15) is 29.1 Å². The van der Waals surface area contributed by atoms with Crippen molar-refractivity contribution < 1.29 is 9.53 Å². The molecule has 0 saturated heterocycles. The summed E-state index contributed by atoms with van der Waals surface area (Å²) in [6, 6.07) is 13.5. The smallest absolute Gasteiger partial charge is 0.261 e. The number of amides is 1. The molecule has 3 aromatic heterocycles. The Morgan fingerprint density at radius 3 is 2.79 bits per heavy atom. The number of carbonyl (C=O) groups excluding carboxylic acids is 1. The minimum atomic E-state index is -0.0967. The van der Waals surface area contributed by atoms with Crippen LogP contribution in [0.3, 0.4) is 0 Å². The first-order valence-electron chi connectivity index (χ1n) is 11.4. The molecule has 1 aromatic carbocycles. The van der Waals surface area contributed by atoms with Gasteiger partial charge in [-0.3, -0.25) is 4.79 Å². The highest BCUT2D eigenvalue weighted by Crippen LogP contribution is 2.26. The maximum absolute atomic E-state index is 12.7. The fourth-order valence-electron chi connectivity index (χ4n) is 3.65. The zero-order chi connectivity index (χ0) is 23.9. The van der Waals surface area contributed by atoms with Crippen molar-refractivity contribution in [2.24, 2.45) is 0 Å². The van der Waals surface area contributed by atoms with Gasteiger partial charge in [-0.1, -0.05) is 26.0 Å². The molecule has 0 saturated carbocycles. The molecule has 2 N–H and O–H groups in total. The van der Waals surface area contributed by atoms with E-state index in [0.29, 0.717) is 17.4 Å². The molecule has 4 aromatic rings. The molecule has 178 valence electrons. The van der Waals surface area contributed by atoms with Crippen LogP contribution in [0, 0.1) is 0 Å². The van der Waals surface area contributed by atoms with Crippen molar-refractivity contribution in [3.63, 3.8) is 0 Å². The van der Waals surface area contributed by atoms with E-state index in [0.717, 1.165) is 54.3 Å². The molecule has 0 aliphatic rings. The second kappa shape index (κ2) is 11.1. The van der Waals surface area contributed by atoms with Crippen molar-refractivity contribution in [3.05, 3.63) is 64.5 Å². The van der Waals surface area contributed by atoms with E-state index in [4.69, 9.17) is 4.74 Å². The maximum atomic E-state index is 12.7. The van der Waals surface area contributed by atoms with Gasteiger partial charge in [0, 0.05) is 31.4 Å². The van der Waals surface area contributed by atoms with E-state index < -0.39 is 0 Å². The fraction of sp³-hybridized carbons (Fsp3) is 0.320. The molecule has 0 aliphatic heterocycles. The van der Waals surface area contributed by atoms with Gasteiger partial charge in [0.25, 0.3) is 5.91 Å². The van der Waals surface area contributed by atoms with Gasteiger partial charge >= 0.3 is 0 Å². The van der Waals surface area contributed by atoms with Crippen LogP contribution in [-0.2, 0) is 6.54 Å². The summed E-state index contributed by atoms with van der Waals surface area (Å²) in [5.41, 5.74) is 3.73. The number of pyridine rings is 1. The minimum Gasteiger partial charge on any atom is -0.497 e. The number of rotatable bonds is 11. The molecular weight excluding hydrogens is 448 g/mol. The zero-order valence-electron chi connectivity index (χ0n) is 19.7. The third-order valence-electron chi connectivity index (χ3n) is 5.68. The standard InChI is InChI=1S/C25H30N6O2S/c1-4-30(5-2)12-11-26-25-28-23-10-9-19(16-31(23)29-25)20-14-22(34-17-20)24(32)27-15-18-7-6-8-21(13-18)33-3/h6-10,13-14,16-17H,4-5,11-12,15H2,1-3H3,(H,26,29)(H,27,32). The number of anilines is 1. The predicted molar refractivity (Wildman–Crippen MR) is 137 cm³/mol. The lowest BCUT2D eigenvalue weighted by Crippen LogP contribution is -2.28. The number of likely N-dealkylation sites (N-methyl/N-ethyl adjacent to an activating group) is 1. The van der Waals surface area contributed by atoms with Crippen molar-refractivity contribution in [1.29, 1.82) is 0 Å². The highest BCUT2D eigenvalue weighted by atomic mass is 32.1. The average Bonchev–Trinajstić information content (AvgIpc) is 3.52. The zero-order valence-corrected chi connectivity index (χ0v) is 20.6. The first-order valence-corrected chi connectivity index (χ1v) is 12.3. The number of nitrogens with one attached hydrogen (secondary N) is 2. The molecule has 0 spiro atoms. The molecular formula is C25H30N6O2S. The summed E-state index contributed by atoms with van der Waals surface area (Å²) in [5, 5.41) is 12.8. The molecule has 0 radical (unpaired) electrons. The van der Waals surface area contributed by atoms with E-state index in [2.05, 4.69) is 39.5 Å². The molecule has 9 heteroatoms. The Morgan fingerprint density at radius 2 is 2.00 bits per heavy atom. The molecule has 1 amide bonds. The summed E-state index contributed by atoms with van der Waals surface area (Å²) in [5.74, 6) is 1.30. The Bertz CT molecular complexity index is 1250. The van der Waals surface area contributed by atoms with Crippen molar-refractivity contribution >= 4 is 28.8 Å². The Labute approximate surface area is 203 Å². The van der Waals surface area contributed by atoms with Crippen molar-refractivity contribution in [3.8, 4) is 16.9 Å². The minimum absolute atomic E-state index is 0.0967. The molecule has 0 bridgehead atoms. The third kappa shape index (κ3) is 5.73. The first kappa shape index (κ1) is 23.7. The topological polar surface area (TPSA) is 83.8 Å². The Hall–Kier alpha value is -3.43. The Balaban J connectivity index is 1.39. The molecule has 0 fully saturated rings. The second-order valence-corrected chi connectivity index (χ2v) is 8.75. The molecule has 3 heterocycles. The van der Waals surface area contributed by atoms with Crippen LogP contribution in [0.2, 0.25) is 0 Å². The summed E-state index contributed by atoms with van der Waals surface area (Å²) in [6.45, 7) is 8.57. The third-order valence-corrected chi connectivity index (χ3v) is 6.61. The number of methoxy groups -OCH3 is 1. The number of carbonyl (C=O) groups is 1. The fourth-order valence-corrected chi connectivity index (χ4v) is 4.49. The summed E-state index contributed by atoms with van der Waals surface area (Å²) in [6.07, 6.45) is 1.94. The Kier molecular flexibility index (Phi) is 7.76. The molecule has 0 unspecified atom stereocenters. The maximum Gasteiger partial charge on any atom is 0.261 e. The molecule has 8 nitrogen and oxygen atoms in total. The van der Waals surface area contributed by atoms with E-state index >= 15 is 0 Å². The summed E-state index contributed by atoms with van der Waals surface area (Å²) in [4.78, 5) is 20.2. The van der Waals surface area contributed by atoms with E-state index in [1.54, 1.807) is 11.6 Å². The van der Waals surface area contributed by atoms with Gasteiger partial charge in [0.2, 0.25) is 5.95 Å². The molecule has 4 rings (SSSR count).